The smallest absolute Gasteiger partial charge is 0.229 e. The lowest BCUT2D eigenvalue weighted by molar-refractivity contribution is -0.134. The molecular weight excluding hydrogens is 166 g/mol. The predicted molar refractivity (Wildman–Crippen MR) is 52.1 cm³/mol. The van der Waals surface area contributed by atoms with Crippen LogP contribution >= 0.6 is 0 Å². The first-order chi connectivity index (χ1) is 6.02. The van der Waals surface area contributed by atoms with Gasteiger partial charge in [-0.25, -0.2) is 0 Å². The second-order valence-corrected chi connectivity index (χ2v) is 3.47. The lowest BCUT2D eigenvalue weighted by atomic mass is 10.1. The van der Waals surface area contributed by atoms with Crippen LogP contribution in [0.15, 0.2) is 0 Å². The van der Waals surface area contributed by atoms with Gasteiger partial charge in [0.15, 0.2) is 0 Å². The monoisotopic (exact) mass is 185 g/mol. The van der Waals surface area contributed by atoms with Crippen LogP contribution in [0.1, 0.15) is 40.5 Å². The van der Waals surface area contributed by atoms with Crippen molar-refractivity contribution in [1.82, 2.24) is 5.32 Å². The van der Waals surface area contributed by atoms with Crippen molar-refractivity contribution in [1.29, 1.82) is 0 Å². The Bertz CT molecular complexity index is 169. The molecule has 0 spiro atoms. The van der Waals surface area contributed by atoms with Crippen LogP contribution in [-0.2, 0) is 9.59 Å². The molecular formula is C10H19NO2. The third-order valence-electron chi connectivity index (χ3n) is 2.37. The highest BCUT2D eigenvalue weighted by atomic mass is 16.2. The highest BCUT2D eigenvalue weighted by Crippen LogP contribution is 2.03. The summed E-state index contributed by atoms with van der Waals surface area (Å²) in [6, 6.07) is 0. The zero-order chi connectivity index (χ0) is 10.4. The molecule has 0 saturated heterocycles. The first kappa shape index (κ1) is 12.1. The van der Waals surface area contributed by atoms with Gasteiger partial charge >= 0.3 is 0 Å². The van der Waals surface area contributed by atoms with E-state index < -0.39 is 0 Å². The average Bonchev–Trinajstić information content (AvgIpc) is 2.14. The van der Waals surface area contributed by atoms with Gasteiger partial charge in [0.05, 0.1) is 0 Å². The fourth-order valence-corrected chi connectivity index (χ4v) is 0.739. The average molecular weight is 185 g/mol. The second kappa shape index (κ2) is 5.73. The molecule has 3 nitrogen and oxygen atoms in total. The van der Waals surface area contributed by atoms with Gasteiger partial charge in [-0.1, -0.05) is 27.7 Å². The predicted octanol–water partition coefficient (Wildman–Crippen LogP) is 1.72. The summed E-state index contributed by atoms with van der Waals surface area (Å²) in [4.78, 5) is 22.5. The van der Waals surface area contributed by atoms with E-state index in [1.165, 1.54) is 0 Å². The highest BCUT2D eigenvalue weighted by molar-refractivity contribution is 5.96. The highest BCUT2D eigenvalue weighted by Gasteiger charge is 2.17. The van der Waals surface area contributed by atoms with E-state index in [2.05, 4.69) is 5.32 Å². The van der Waals surface area contributed by atoms with Crippen molar-refractivity contribution in [3.05, 3.63) is 0 Å². The Morgan fingerprint density at radius 3 is 1.54 bits per heavy atom. The first-order valence-corrected chi connectivity index (χ1v) is 4.87. The van der Waals surface area contributed by atoms with Crippen molar-refractivity contribution in [3.8, 4) is 0 Å². The Hall–Kier alpha value is -0.860. The van der Waals surface area contributed by atoms with E-state index in [-0.39, 0.29) is 23.7 Å². The second-order valence-electron chi connectivity index (χ2n) is 3.47. The van der Waals surface area contributed by atoms with Crippen molar-refractivity contribution < 1.29 is 9.59 Å². The first-order valence-electron chi connectivity index (χ1n) is 4.87. The third-order valence-corrected chi connectivity index (χ3v) is 2.37. The van der Waals surface area contributed by atoms with Gasteiger partial charge in [-0.15, -0.1) is 0 Å². The zero-order valence-corrected chi connectivity index (χ0v) is 8.89. The number of rotatable bonds is 4. The number of amides is 2. The van der Waals surface area contributed by atoms with Crippen LogP contribution in [-0.4, -0.2) is 11.8 Å². The summed E-state index contributed by atoms with van der Waals surface area (Å²) >= 11 is 0. The van der Waals surface area contributed by atoms with Crippen molar-refractivity contribution in [2.75, 3.05) is 0 Å². The number of carbonyl (C=O) groups excluding carboxylic acids is 2. The van der Waals surface area contributed by atoms with E-state index in [9.17, 15) is 9.59 Å². The van der Waals surface area contributed by atoms with Gasteiger partial charge in [-0.3, -0.25) is 14.9 Å². The lowest BCUT2D eigenvalue weighted by Gasteiger charge is -2.11. The molecule has 0 rings (SSSR count). The largest absolute Gasteiger partial charge is 0.296 e. The van der Waals surface area contributed by atoms with Gasteiger partial charge < -0.3 is 0 Å². The Morgan fingerprint density at radius 1 is 1.00 bits per heavy atom. The van der Waals surface area contributed by atoms with Crippen LogP contribution in [0.5, 0.6) is 0 Å². The van der Waals surface area contributed by atoms with E-state index in [0.717, 1.165) is 12.8 Å². The molecule has 3 heteroatoms. The summed E-state index contributed by atoms with van der Waals surface area (Å²) in [5.74, 6) is -0.471. The number of hydrogen-bond acceptors (Lipinski definition) is 2. The topological polar surface area (TPSA) is 46.2 Å². The van der Waals surface area contributed by atoms with Crippen molar-refractivity contribution in [2.24, 2.45) is 11.8 Å². The van der Waals surface area contributed by atoms with E-state index >= 15 is 0 Å². The Morgan fingerprint density at radius 2 is 1.31 bits per heavy atom. The third kappa shape index (κ3) is 4.06. The maximum absolute atomic E-state index is 11.3. The molecule has 1 N–H and O–H groups in total. The summed E-state index contributed by atoms with van der Waals surface area (Å²) in [6.07, 6.45) is 1.53. The van der Waals surface area contributed by atoms with Crippen LogP contribution in [0.25, 0.3) is 0 Å². The van der Waals surface area contributed by atoms with Crippen LogP contribution in [0.4, 0.5) is 0 Å². The lowest BCUT2D eigenvalue weighted by Crippen LogP contribution is -2.37. The van der Waals surface area contributed by atoms with Gasteiger partial charge in [-0.2, -0.15) is 0 Å². The van der Waals surface area contributed by atoms with Crippen LogP contribution in [0.3, 0.4) is 0 Å². The molecule has 0 aliphatic carbocycles. The van der Waals surface area contributed by atoms with Crippen molar-refractivity contribution >= 4 is 11.8 Å². The minimum Gasteiger partial charge on any atom is -0.296 e. The molecule has 0 aliphatic rings. The SMILES string of the molecule is CCC(C)C(=O)NC(=O)C(C)CC. The van der Waals surface area contributed by atoms with Crippen molar-refractivity contribution in [3.63, 3.8) is 0 Å². The van der Waals surface area contributed by atoms with E-state index in [1.807, 2.05) is 27.7 Å². The quantitative estimate of drug-likeness (QED) is 0.725. The summed E-state index contributed by atoms with van der Waals surface area (Å²) in [5.41, 5.74) is 0. The standard InChI is InChI=1S/C10H19NO2/c1-5-7(3)9(12)11-10(13)8(4)6-2/h7-8H,5-6H2,1-4H3,(H,11,12,13). The number of imide groups is 1. The summed E-state index contributed by atoms with van der Waals surface area (Å²) < 4.78 is 0. The van der Waals surface area contributed by atoms with E-state index in [0.29, 0.717) is 0 Å². The van der Waals surface area contributed by atoms with Gasteiger partial charge in [0.2, 0.25) is 11.8 Å². The maximum Gasteiger partial charge on any atom is 0.229 e. The minimum absolute atomic E-state index is 0.0759. The van der Waals surface area contributed by atoms with Gasteiger partial charge in [-0.05, 0) is 12.8 Å². The molecule has 2 amide bonds. The van der Waals surface area contributed by atoms with E-state index in [4.69, 9.17) is 0 Å². The molecule has 0 aromatic heterocycles. The number of carbonyl (C=O) groups is 2. The number of nitrogens with one attached hydrogen (secondary N) is 1. The van der Waals surface area contributed by atoms with Crippen LogP contribution in [0.2, 0.25) is 0 Å². The fourth-order valence-electron chi connectivity index (χ4n) is 0.739. The summed E-state index contributed by atoms with van der Waals surface area (Å²) in [6.45, 7) is 7.49. The molecule has 0 saturated carbocycles. The summed E-state index contributed by atoms with van der Waals surface area (Å²) in [5, 5.41) is 2.40. The van der Waals surface area contributed by atoms with Crippen molar-refractivity contribution in [2.45, 2.75) is 40.5 Å². The molecule has 13 heavy (non-hydrogen) atoms. The molecule has 0 radical (unpaired) electrons. The molecule has 2 unspecified atom stereocenters. The molecule has 76 valence electrons. The Labute approximate surface area is 79.9 Å². The molecule has 0 aliphatic heterocycles. The van der Waals surface area contributed by atoms with Crippen LogP contribution < -0.4 is 5.32 Å². The molecule has 0 aromatic carbocycles. The van der Waals surface area contributed by atoms with E-state index in [1.54, 1.807) is 0 Å². The van der Waals surface area contributed by atoms with Gasteiger partial charge in [0, 0.05) is 11.8 Å². The molecule has 0 heterocycles. The Balaban J connectivity index is 3.99. The zero-order valence-electron chi connectivity index (χ0n) is 8.89. The molecule has 0 aromatic rings. The van der Waals surface area contributed by atoms with Gasteiger partial charge in [0.1, 0.15) is 0 Å². The fraction of sp³-hybridized carbons (Fsp3) is 0.800. The normalized spacial score (nSPS) is 14.8. The summed E-state index contributed by atoms with van der Waals surface area (Å²) in [7, 11) is 0. The molecule has 0 fully saturated rings. The number of hydrogen-bond donors (Lipinski definition) is 1. The Kier molecular flexibility index (Phi) is 5.35. The molecule has 2 atom stereocenters. The van der Waals surface area contributed by atoms with Gasteiger partial charge in [0.25, 0.3) is 0 Å². The molecule has 0 bridgehead atoms. The van der Waals surface area contributed by atoms with Crippen LogP contribution in [0, 0.1) is 11.8 Å². The minimum atomic E-state index is -0.159. The maximum atomic E-state index is 11.3.